The molecule has 0 fully saturated rings. The first-order chi connectivity index (χ1) is 7.74. The lowest BCUT2D eigenvalue weighted by Crippen LogP contribution is -2.36. The molecular formula is C13H19NO2. The van der Waals surface area contributed by atoms with Crippen LogP contribution < -0.4 is 9.47 Å². The summed E-state index contributed by atoms with van der Waals surface area (Å²) in [4.78, 5) is 2.30. The monoisotopic (exact) mass is 221 g/mol. The Morgan fingerprint density at radius 2 is 1.94 bits per heavy atom. The average molecular weight is 221 g/mol. The Morgan fingerprint density at radius 1 is 1.19 bits per heavy atom. The molecule has 0 N–H and O–H groups in total. The molecule has 0 unspecified atom stereocenters. The number of benzene rings is 1. The molecule has 1 aliphatic heterocycles. The average Bonchev–Trinajstić information content (AvgIpc) is 2.70. The molecule has 1 aromatic rings. The van der Waals surface area contributed by atoms with Gasteiger partial charge in [-0.1, -0.05) is 26.0 Å². The molecule has 3 nitrogen and oxygen atoms in total. The van der Waals surface area contributed by atoms with Crippen LogP contribution in [0.1, 0.15) is 19.4 Å². The minimum atomic E-state index is -0.156. The van der Waals surface area contributed by atoms with Gasteiger partial charge in [0.25, 0.3) is 6.29 Å². The lowest BCUT2D eigenvalue weighted by Gasteiger charge is -2.21. The summed E-state index contributed by atoms with van der Waals surface area (Å²) in [6.45, 7) is 9.21. The Bertz CT molecular complexity index is 361. The van der Waals surface area contributed by atoms with Gasteiger partial charge in [0.15, 0.2) is 11.5 Å². The van der Waals surface area contributed by atoms with Crippen molar-refractivity contribution in [3.05, 3.63) is 23.8 Å². The maximum absolute atomic E-state index is 5.81. The predicted molar refractivity (Wildman–Crippen MR) is 64.0 cm³/mol. The second kappa shape index (κ2) is 4.74. The number of aryl methyl sites for hydroxylation is 1. The zero-order valence-electron chi connectivity index (χ0n) is 10.2. The molecular weight excluding hydrogens is 202 g/mol. The Labute approximate surface area is 97.0 Å². The molecule has 0 aromatic heterocycles. The molecule has 0 saturated carbocycles. The molecule has 16 heavy (non-hydrogen) atoms. The van der Waals surface area contributed by atoms with Crippen molar-refractivity contribution < 1.29 is 9.47 Å². The third-order valence-corrected chi connectivity index (χ3v) is 2.99. The summed E-state index contributed by atoms with van der Waals surface area (Å²) in [5, 5.41) is 0. The van der Waals surface area contributed by atoms with E-state index in [1.807, 2.05) is 25.1 Å². The molecule has 1 atom stereocenters. The van der Waals surface area contributed by atoms with Crippen molar-refractivity contribution in [2.45, 2.75) is 27.1 Å². The van der Waals surface area contributed by atoms with E-state index < -0.39 is 0 Å². The van der Waals surface area contributed by atoms with Crippen LogP contribution in [0.2, 0.25) is 0 Å². The van der Waals surface area contributed by atoms with Crippen molar-refractivity contribution in [3.63, 3.8) is 0 Å². The zero-order chi connectivity index (χ0) is 11.5. The highest BCUT2D eigenvalue weighted by Gasteiger charge is 2.26. The summed E-state index contributed by atoms with van der Waals surface area (Å²) in [5.41, 5.74) is 1.14. The third kappa shape index (κ3) is 2.14. The maximum Gasteiger partial charge on any atom is 0.254 e. The second-order valence-electron chi connectivity index (χ2n) is 4.05. The van der Waals surface area contributed by atoms with Gasteiger partial charge in [-0.05, 0) is 31.6 Å². The standard InChI is InChI=1S/C13H19NO2/c1-4-14(5-2)9-12-15-11-8-6-7-10(3)13(11)16-12/h6-8,12H,4-5,9H2,1-3H3/t12-/m0/s1. The van der Waals surface area contributed by atoms with Crippen LogP contribution >= 0.6 is 0 Å². The summed E-state index contributed by atoms with van der Waals surface area (Å²) in [7, 11) is 0. The fourth-order valence-corrected chi connectivity index (χ4v) is 1.93. The molecule has 1 heterocycles. The van der Waals surface area contributed by atoms with E-state index in [0.717, 1.165) is 36.7 Å². The van der Waals surface area contributed by atoms with Gasteiger partial charge in [-0.15, -0.1) is 0 Å². The zero-order valence-corrected chi connectivity index (χ0v) is 10.2. The summed E-state index contributed by atoms with van der Waals surface area (Å²) in [5.74, 6) is 1.77. The van der Waals surface area contributed by atoms with Gasteiger partial charge >= 0.3 is 0 Å². The normalized spacial score (nSPS) is 18.1. The highest BCUT2D eigenvalue weighted by atomic mass is 16.7. The Morgan fingerprint density at radius 3 is 2.56 bits per heavy atom. The summed E-state index contributed by atoms with van der Waals surface area (Å²) < 4.78 is 11.6. The van der Waals surface area contributed by atoms with E-state index in [-0.39, 0.29) is 6.29 Å². The van der Waals surface area contributed by atoms with E-state index >= 15 is 0 Å². The van der Waals surface area contributed by atoms with Crippen molar-refractivity contribution >= 4 is 0 Å². The number of rotatable bonds is 4. The largest absolute Gasteiger partial charge is 0.450 e. The van der Waals surface area contributed by atoms with E-state index in [0.29, 0.717) is 0 Å². The highest BCUT2D eigenvalue weighted by molar-refractivity contribution is 5.47. The molecule has 0 bridgehead atoms. The molecule has 0 saturated heterocycles. The quantitative estimate of drug-likeness (QED) is 0.779. The van der Waals surface area contributed by atoms with E-state index in [1.165, 1.54) is 0 Å². The lowest BCUT2D eigenvalue weighted by atomic mass is 10.2. The number of ether oxygens (including phenoxy) is 2. The Hall–Kier alpha value is -1.22. The Kier molecular flexibility index (Phi) is 3.34. The smallest absolute Gasteiger partial charge is 0.254 e. The van der Waals surface area contributed by atoms with Gasteiger partial charge < -0.3 is 9.47 Å². The Balaban J connectivity index is 2.03. The summed E-state index contributed by atoms with van der Waals surface area (Å²) in [6.07, 6.45) is -0.156. The van der Waals surface area contributed by atoms with Crippen molar-refractivity contribution in [1.29, 1.82) is 0 Å². The molecule has 88 valence electrons. The van der Waals surface area contributed by atoms with Gasteiger partial charge in [0.05, 0.1) is 6.54 Å². The first-order valence-corrected chi connectivity index (χ1v) is 5.89. The molecule has 2 rings (SSSR count). The number of para-hydroxylation sites is 1. The van der Waals surface area contributed by atoms with Gasteiger partial charge in [-0.2, -0.15) is 0 Å². The molecule has 0 aliphatic carbocycles. The van der Waals surface area contributed by atoms with Crippen LogP contribution in [-0.4, -0.2) is 30.8 Å². The summed E-state index contributed by atoms with van der Waals surface area (Å²) in [6, 6.07) is 6.00. The van der Waals surface area contributed by atoms with Crippen molar-refractivity contribution in [2.24, 2.45) is 0 Å². The van der Waals surface area contributed by atoms with E-state index in [1.54, 1.807) is 0 Å². The van der Waals surface area contributed by atoms with E-state index in [4.69, 9.17) is 9.47 Å². The van der Waals surface area contributed by atoms with Gasteiger partial charge in [-0.25, -0.2) is 0 Å². The van der Waals surface area contributed by atoms with E-state index in [9.17, 15) is 0 Å². The van der Waals surface area contributed by atoms with Crippen molar-refractivity contribution in [2.75, 3.05) is 19.6 Å². The van der Waals surface area contributed by atoms with Crippen LogP contribution in [-0.2, 0) is 0 Å². The SMILES string of the molecule is CCN(CC)C[C@H]1Oc2cccc(C)c2O1. The topological polar surface area (TPSA) is 21.7 Å². The molecule has 0 amide bonds. The van der Waals surface area contributed by atoms with Gasteiger partial charge in [-0.3, -0.25) is 4.90 Å². The second-order valence-corrected chi connectivity index (χ2v) is 4.05. The molecule has 1 aliphatic rings. The minimum absolute atomic E-state index is 0.156. The third-order valence-electron chi connectivity index (χ3n) is 2.99. The van der Waals surface area contributed by atoms with Crippen LogP contribution in [0.4, 0.5) is 0 Å². The van der Waals surface area contributed by atoms with Crippen molar-refractivity contribution in [1.82, 2.24) is 4.90 Å². The fraction of sp³-hybridized carbons (Fsp3) is 0.538. The molecule has 0 radical (unpaired) electrons. The summed E-state index contributed by atoms with van der Waals surface area (Å²) >= 11 is 0. The van der Waals surface area contributed by atoms with E-state index in [2.05, 4.69) is 18.7 Å². The van der Waals surface area contributed by atoms with Gasteiger partial charge in [0, 0.05) is 0 Å². The van der Waals surface area contributed by atoms with Crippen LogP contribution in [0, 0.1) is 6.92 Å². The van der Waals surface area contributed by atoms with Gasteiger partial charge in [0.2, 0.25) is 0 Å². The van der Waals surface area contributed by atoms with Crippen LogP contribution in [0.5, 0.6) is 11.5 Å². The number of likely N-dealkylation sites (N-methyl/N-ethyl adjacent to an activating group) is 1. The molecule has 1 aromatic carbocycles. The number of fused-ring (bicyclic) bond motifs is 1. The predicted octanol–water partition coefficient (Wildman–Crippen LogP) is 2.43. The maximum atomic E-state index is 5.81. The number of hydrogen-bond acceptors (Lipinski definition) is 3. The molecule has 3 heteroatoms. The first kappa shape index (κ1) is 11.3. The van der Waals surface area contributed by atoms with Crippen LogP contribution in [0.3, 0.4) is 0 Å². The first-order valence-electron chi connectivity index (χ1n) is 5.89. The highest BCUT2D eigenvalue weighted by Crippen LogP contribution is 2.37. The fourth-order valence-electron chi connectivity index (χ4n) is 1.93. The van der Waals surface area contributed by atoms with Crippen LogP contribution in [0.25, 0.3) is 0 Å². The number of hydrogen-bond donors (Lipinski definition) is 0. The number of nitrogens with zero attached hydrogens (tertiary/aromatic N) is 1. The lowest BCUT2D eigenvalue weighted by molar-refractivity contribution is 0.0173. The minimum Gasteiger partial charge on any atom is -0.450 e. The van der Waals surface area contributed by atoms with Gasteiger partial charge in [0.1, 0.15) is 0 Å². The van der Waals surface area contributed by atoms with Crippen molar-refractivity contribution in [3.8, 4) is 11.5 Å². The van der Waals surface area contributed by atoms with Crippen LogP contribution in [0.15, 0.2) is 18.2 Å². The molecule has 0 spiro atoms.